The standard InChI is InChI=1S/C10H14N4OS.ClH/c1-8-4-10(14(13-8)2-3-15)11-5-9-6-16-7-12-9;/h4,6-7,11,15H,2-3,5H2,1H3;1H. The van der Waals surface area contributed by atoms with Gasteiger partial charge in [0.15, 0.2) is 0 Å². The highest BCUT2D eigenvalue weighted by Crippen LogP contribution is 2.11. The number of aliphatic hydroxyl groups is 1. The Bertz CT molecular complexity index is 443. The fourth-order valence-corrected chi connectivity index (χ4v) is 2.02. The summed E-state index contributed by atoms with van der Waals surface area (Å²) in [6.07, 6.45) is 0. The zero-order valence-electron chi connectivity index (χ0n) is 9.46. The summed E-state index contributed by atoms with van der Waals surface area (Å²) in [5, 5.41) is 18.4. The quantitative estimate of drug-likeness (QED) is 0.871. The Labute approximate surface area is 110 Å². The zero-order chi connectivity index (χ0) is 11.4. The van der Waals surface area contributed by atoms with Crippen LogP contribution in [0.1, 0.15) is 11.4 Å². The largest absolute Gasteiger partial charge is 0.394 e. The molecule has 0 bridgehead atoms. The molecule has 2 rings (SSSR count). The molecule has 0 unspecified atom stereocenters. The Morgan fingerprint density at radius 2 is 2.35 bits per heavy atom. The zero-order valence-corrected chi connectivity index (χ0v) is 11.1. The van der Waals surface area contributed by atoms with Crippen molar-refractivity contribution >= 4 is 29.6 Å². The minimum Gasteiger partial charge on any atom is -0.394 e. The van der Waals surface area contributed by atoms with E-state index >= 15 is 0 Å². The molecular formula is C10H15ClN4OS. The first-order valence-electron chi connectivity index (χ1n) is 5.06. The predicted molar refractivity (Wildman–Crippen MR) is 70.7 cm³/mol. The summed E-state index contributed by atoms with van der Waals surface area (Å²) >= 11 is 1.58. The van der Waals surface area contributed by atoms with Crippen LogP contribution in [0.4, 0.5) is 5.82 Å². The number of anilines is 1. The number of thiazole rings is 1. The second-order valence-electron chi connectivity index (χ2n) is 3.45. The molecule has 0 saturated heterocycles. The molecule has 0 aliphatic heterocycles. The lowest BCUT2D eigenvalue weighted by atomic mass is 10.4. The maximum atomic E-state index is 8.91. The van der Waals surface area contributed by atoms with E-state index in [4.69, 9.17) is 5.11 Å². The molecule has 94 valence electrons. The molecule has 0 spiro atoms. The second kappa shape index (κ2) is 6.58. The van der Waals surface area contributed by atoms with Crippen LogP contribution in [-0.4, -0.2) is 26.5 Å². The first-order chi connectivity index (χ1) is 7.79. The fourth-order valence-electron chi connectivity index (χ4n) is 1.46. The molecule has 0 radical (unpaired) electrons. The van der Waals surface area contributed by atoms with Gasteiger partial charge in [-0.25, -0.2) is 9.67 Å². The maximum absolute atomic E-state index is 8.91. The topological polar surface area (TPSA) is 63.0 Å². The molecule has 0 aliphatic carbocycles. The number of halogens is 1. The Balaban J connectivity index is 0.00000144. The number of rotatable bonds is 5. The van der Waals surface area contributed by atoms with Gasteiger partial charge in [0.1, 0.15) is 5.82 Å². The van der Waals surface area contributed by atoms with E-state index in [0.717, 1.165) is 17.2 Å². The number of aliphatic hydroxyl groups excluding tert-OH is 1. The highest BCUT2D eigenvalue weighted by molar-refractivity contribution is 7.07. The Morgan fingerprint density at radius 3 is 3.00 bits per heavy atom. The van der Waals surface area contributed by atoms with Crippen LogP contribution >= 0.6 is 23.7 Å². The van der Waals surface area contributed by atoms with Gasteiger partial charge >= 0.3 is 0 Å². The maximum Gasteiger partial charge on any atom is 0.124 e. The first kappa shape index (κ1) is 14.0. The summed E-state index contributed by atoms with van der Waals surface area (Å²) < 4.78 is 1.77. The molecule has 0 atom stereocenters. The molecular weight excluding hydrogens is 260 g/mol. The molecule has 0 saturated carbocycles. The highest BCUT2D eigenvalue weighted by atomic mass is 35.5. The molecule has 0 aromatic carbocycles. The van der Waals surface area contributed by atoms with Gasteiger partial charge in [-0.3, -0.25) is 0 Å². The average Bonchev–Trinajstić information content (AvgIpc) is 2.86. The molecule has 2 heterocycles. The third kappa shape index (κ3) is 3.69. The van der Waals surface area contributed by atoms with Crippen LogP contribution in [0.5, 0.6) is 0 Å². The lowest BCUT2D eigenvalue weighted by Crippen LogP contribution is -2.10. The Kier molecular flexibility index (Phi) is 5.40. The third-order valence-electron chi connectivity index (χ3n) is 2.15. The van der Waals surface area contributed by atoms with E-state index in [1.54, 1.807) is 16.0 Å². The van der Waals surface area contributed by atoms with Gasteiger partial charge in [-0.15, -0.1) is 23.7 Å². The number of aryl methyl sites for hydroxylation is 1. The lowest BCUT2D eigenvalue weighted by Gasteiger charge is -2.06. The van der Waals surface area contributed by atoms with E-state index in [1.165, 1.54) is 0 Å². The van der Waals surface area contributed by atoms with Gasteiger partial charge in [-0.2, -0.15) is 5.10 Å². The summed E-state index contributed by atoms with van der Waals surface area (Å²) in [6.45, 7) is 3.21. The summed E-state index contributed by atoms with van der Waals surface area (Å²) in [5.74, 6) is 0.916. The molecule has 7 heteroatoms. The summed E-state index contributed by atoms with van der Waals surface area (Å²) in [5.41, 5.74) is 3.77. The van der Waals surface area contributed by atoms with Gasteiger partial charge in [0.25, 0.3) is 0 Å². The Morgan fingerprint density at radius 1 is 1.53 bits per heavy atom. The van der Waals surface area contributed by atoms with Crippen molar-refractivity contribution in [3.05, 3.63) is 28.3 Å². The van der Waals surface area contributed by atoms with E-state index in [0.29, 0.717) is 13.1 Å². The van der Waals surface area contributed by atoms with Crippen LogP contribution in [0.25, 0.3) is 0 Å². The molecule has 0 fully saturated rings. The van der Waals surface area contributed by atoms with Gasteiger partial charge < -0.3 is 10.4 Å². The van der Waals surface area contributed by atoms with Gasteiger partial charge in [0, 0.05) is 11.4 Å². The van der Waals surface area contributed by atoms with E-state index < -0.39 is 0 Å². The smallest absolute Gasteiger partial charge is 0.124 e. The first-order valence-corrected chi connectivity index (χ1v) is 6.00. The van der Waals surface area contributed by atoms with Crippen molar-refractivity contribution in [3.63, 3.8) is 0 Å². The minimum absolute atomic E-state index is 0. The molecule has 2 N–H and O–H groups in total. The monoisotopic (exact) mass is 274 g/mol. The van der Waals surface area contributed by atoms with Gasteiger partial charge in [0.2, 0.25) is 0 Å². The van der Waals surface area contributed by atoms with Crippen molar-refractivity contribution in [1.29, 1.82) is 0 Å². The normalized spacial score (nSPS) is 10.0. The van der Waals surface area contributed by atoms with Crippen molar-refractivity contribution in [3.8, 4) is 0 Å². The highest BCUT2D eigenvalue weighted by Gasteiger charge is 2.04. The van der Waals surface area contributed by atoms with E-state index in [9.17, 15) is 0 Å². The molecule has 5 nitrogen and oxygen atoms in total. The molecule has 2 aromatic heterocycles. The van der Waals surface area contributed by atoms with E-state index in [1.807, 2.05) is 23.9 Å². The van der Waals surface area contributed by atoms with Crippen LogP contribution in [0.2, 0.25) is 0 Å². The van der Waals surface area contributed by atoms with Gasteiger partial charge in [0.05, 0.1) is 36.6 Å². The summed E-state index contributed by atoms with van der Waals surface area (Å²) in [6, 6.07) is 1.96. The number of hydrogen-bond donors (Lipinski definition) is 2. The van der Waals surface area contributed by atoms with Gasteiger partial charge in [-0.05, 0) is 6.92 Å². The third-order valence-corrected chi connectivity index (χ3v) is 2.78. The van der Waals surface area contributed by atoms with E-state index in [-0.39, 0.29) is 19.0 Å². The van der Waals surface area contributed by atoms with Crippen molar-refractivity contribution in [1.82, 2.24) is 14.8 Å². The summed E-state index contributed by atoms with van der Waals surface area (Å²) in [7, 11) is 0. The SMILES string of the molecule is Cc1cc(NCc2cscn2)n(CCO)n1.Cl. The van der Waals surface area contributed by atoms with Crippen LogP contribution in [0.3, 0.4) is 0 Å². The number of hydrogen-bond acceptors (Lipinski definition) is 5. The molecule has 17 heavy (non-hydrogen) atoms. The van der Waals surface area contributed by atoms with Crippen molar-refractivity contribution in [2.45, 2.75) is 20.0 Å². The van der Waals surface area contributed by atoms with Crippen molar-refractivity contribution in [2.75, 3.05) is 11.9 Å². The van der Waals surface area contributed by atoms with Crippen LogP contribution in [-0.2, 0) is 13.1 Å². The molecule has 0 amide bonds. The average molecular weight is 275 g/mol. The summed E-state index contributed by atoms with van der Waals surface area (Å²) in [4.78, 5) is 4.19. The van der Waals surface area contributed by atoms with E-state index in [2.05, 4.69) is 15.4 Å². The number of nitrogens with zero attached hydrogens (tertiary/aromatic N) is 3. The molecule has 0 aliphatic rings. The second-order valence-corrected chi connectivity index (χ2v) is 4.17. The van der Waals surface area contributed by atoms with Crippen LogP contribution < -0.4 is 5.32 Å². The predicted octanol–water partition coefficient (Wildman–Crippen LogP) is 1.67. The lowest BCUT2D eigenvalue weighted by molar-refractivity contribution is 0.270. The van der Waals surface area contributed by atoms with Crippen LogP contribution in [0.15, 0.2) is 17.0 Å². The van der Waals surface area contributed by atoms with Crippen molar-refractivity contribution in [2.24, 2.45) is 0 Å². The molecule has 2 aromatic rings. The van der Waals surface area contributed by atoms with Crippen LogP contribution in [0, 0.1) is 6.92 Å². The fraction of sp³-hybridized carbons (Fsp3) is 0.400. The number of aromatic nitrogens is 3. The van der Waals surface area contributed by atoms with Crippen molar-refractivity contribution < 1.29 is 5.11 Å². The number of nitrogens with one attached hydrogen (secondary N) is 1. The van der Waals surface area contributed by atoms with Gasteiger partial charge in [-0.1, -0.05) is 0 Å². The Hall–Kier alpha value is -1.11. The minimum atomic E-state index is 0.